The van der Waals surface area contributed by atoms with Crippen molar-refractivity contribution in [2.75, 3.05) is 23.8 Å². The Morgan fingerprint density at radius 2 is 1.79 bits per heavy atom. The quantitative estimate of drug-likeness (QED) is 0.494. The first kappa shape index (κ1) is 19.0. The van der Waals surface area contributed by atoms with Crippen LogP contribution < -0.4 is 10.6 Å². The molecular formula is C18H14F4N6O. The van der Waals surface area contributed by atoms with Gasteiger partial charge in [0.1, 0.15) is 23.0 Å². The van der Waals surface area contributed by atoms with Gasteiger partial charge in [0.25, 0.3) is 0 Å². The van der Waals surface area contributed by atoms with Crippen molar-refractivity contribution in [1.29, 1.82) is 0 Å². The number of hydrogen-bond acceptors (Lipinski definition) is 7. The molecular weight excluding hydrogens is 392 g/mol. The molecule has 0 unspecified atom stereocenters. The molecule has 0 bridgehead atoms. The van der Waals surface area contributed by atoms with Gasteiger partial charge < -0.3 is 15.4 Å². The molecule has 7 nitrogen and oxygen atoms in total. The van der Waals surface area contributed by atoms with Crippen LogP contribution in [0.3, 0.4) is 0 Å². The third-order valence-electron chi connectivity index (χ3n) is 3.98. The maximum absolute atomic E-state index is 13.3. The van der Waals surface area contributed by atoms with Crippen LogP contribution in [0.25, 0.3) is 11.5 Å². The van der Waals surface area contributed by atoms with E-state index in [-0.39, 0.29) is 23.4 Å². The third kappa shape index (κ3) is 4.57. The predicted molar refractivity (Wildman–Crippen MR) is 96.0 cm³/mol. The minimum absolute atomic E-state index is 0.0154. The van der Waals surface area contributed by atoms with Gasteiger partial charge in [0.05, 0.1) is 19.3 Å². The van der Waals surface area contributed by atoms with Crippen LogP contribution in [0.15, 0.2) is 42.6 Å². The zero-order valence-electron chi connectivity index (χ0n) is 14.7. The molecule has 150 valence electrons. The molecule has 0 amide bonds. The lowest BCUT2D eigenvalue weighted by molar-refractivity contribution is -0.141. The summed E-state index contributed by atoms with van der Waals surface area (Å²) < 4.78 is 57.5. The van der Waals surface area contributed by atoms with E-state index in [2.05, 4.69) is 30.6 Å². The van der Waals surface area contributed by atoms with Crippen LogP contribution in [-0.4, -0.2) is 39.2 Å². The molecule has 11 heteroatoms. The number of aromatic nitrogens is 4. The third-order valence-corrected chi connectivity index (χ3v) is 3.98. The summed E-state index contributed by atoms with van der Waals surface area (Å²) in [6.45, 7) is 0.971. The van der Waals surface area contributed by atoms with Gasteiger partial charge in [-0.25, -0.2) is 19.9 Å². The Morgan fingerprint density at radius 3 is 2.48 bits per heavy atom. The van der Waals surface area contributed by atoms with Crippen LogP contribution in [-0.2, 0) is 10.9 Å². The Morgan fingerprint density at radius 1 is 1.00 bits per heavy atom. The number of pyridine rings is 2. The molecule has 4 rings (SSSR count). The van der Waals surface area contributed by atoms with E-state index in [4.69, 9.17) is 4.74 Å². The molecule has 0 aromatic carbocycles. The maximum Gasteiger partial charge on any atom is 0.433 e. The Hall–Kier alpha value is -3.34. The number of rotatable bonds is 5. The molecule has 0 aliphatic carbocycles. The molecule has 3 aromatic rings. The summed E-state index contributed by atoms with van der Waals surface area (Å²) in [5, 5.41) is 6.02. The Labute approximate surface area is 162 Å². The van der Waals surface area contributed by atoms with Gasteiger partial charge in [-0.2, -0.15) is 17.6 Å². The number of halogens is 4. The van der Waals surface area contributed by atoms with Gasteiger partial charge in [-0.05, 0) is 18.2 Å². The van der Waals surface area contributed by atoms with Crippen LogP contribution in [0.5, 0.6) is 0 Å². The molecule has 4 heterocycles. The lowest BCUT2D eigenvalue weighted by Gasteiger charge is -2.27. The fourth-order valence-electron chi connectivity index (χ4n) is 2.57. The zero-order chi connectivity index (χ0) is 20.4. The second-order valence-electron chi connectivity index (χ2n) is 6.24. The van der Waals surface area contributed by atoms with Crippen LogP contribution in [0.4, 0.5) is 34.9 Å². The molecule has 0 radical (unpaired) electrons. The van der Waals surface area contributed by atoms with E-state index < -0.39 is 17.8 Å². The van der Waals surface area contributed by atoms with Crippen molar-refractivity contribution in [2.24, 2.45) is 0 Å². The first-order valence-electron chi connectivity index (χ1n) is 8.53. The van der Waals surface area contributed by atoms with E-state index in [1.807, 2.05) is 0 Å². The van der Waals surface area contributed by atoms with Gasteiger partial charge in [-0.15, -0.1) is 0 Å². The van der Waals surface area contributed by atoms with E-state index in [0.717, 1.165) is 12.1 Å². The summed E-state index contributed by atoms with van der Waals surface area (Å²) in [7, 11) is 0. The largest absolute Gasteiger partial charge is 0.433 e. The number of ether oxygens (including phenoxy) is 1. The topological polar surface area (TPSA) is 84.9 Å². The molecule has 1 fully saturated rings. The molecule has 0 atom stereocenters. The van der Waals surface area contributed by atoms with Gasteiger partial charge in [0.15, 0.2) is 5.82 Å². The van der Waals surface area contributed by atoms with Crippen LogP contribution in [0.1, 0.15) is 5.69 Å². The molecule has 1 saturated heterocycles. The van der Waals surface area contributed by atoms with Crippen molar-refractivity contribution in [2.45, 2.75) is 12.2 Å². The highest BCUT2D eigenvalue weighted by Gasteiger charge is 2.32. The maximum atomic E-state index is 13.3. The smallest absolute Gasteiger partial charge is 0.377 e. The zero-order valence-corrected chi connectivity index (χ0v) is 14.7. The summed E-state index contributed by atoms with van der Waals surface area (Å²) in [6.07, 6.45) is -3.32. The average molecular weight is 406 g/mol. The molecule has 1 aliphatic rings. The minimum Gasteiger partial charge on any atom is -0.377 e. The lowest BCUT2D eigenvalue weighted by Crippen LogP contribution is -2.40. The fraction of sp³-hybridized carbons (Fsp3) is 0.222. The fourth-order valence-corrected chi connectivity index (χ4v) is 2.57. The van der Waals surface area contributed by atoms with Gasteiger partial charge in [0.2, 0.25) is 5.95 Å². The van der Waals surface area contributed by atoms with Crippen LogP contribution >= 0.6 is 0 Å². The van der Waals surface area contributed by atoms with Crippen molar-refractivity contribution < 1.29 is 22.3 Å². The van der Waals surface area contributed by atoms with Gasteiger partial charge >= 0.3 is 6.18 Å². The molecule has 29 heavy (non-hydrogen) atoms. The van der Waals surface area contributed by atoms with Gasteiger partial charge in [-0.3, -0.25) is 0 Å². The summed E-state index contributed by atoms with van der Waals surface area (Å²) >= 11 is 0. The molecule has 2 N–H and O–H groups in total. The molecule has 0 saturated carbocycles. The van der Waals surface area contributed by atoms with E-state index in [1.165, 1.54) is 24.4 Å². The Bertz CT molecular complexity index is 1030. The summed E-state index contributed by atoms with van der Waals surface area (Å²) in [4.78, 5) is 15.6. The van der Waals surface area contributed by atoms with E-state index >= 15 is 0 Å². The highest BCUT2D eigenvalue weighted by atomic mass is 19.4. The summed E-state index contributed by atoms with van der Waals surface area (Å²) in [6, 6.07) is 7.77. The average Bonchev–Trinajstić information content (AvgIpc) is 2.64. The molecule has 0 spiro atoms. The molecule has 3 aromatic heterocycles. The number of hydrogen-bond donors (Lipinski definition) is 2. The standard InChI is InChI=1S/C18H14F4N6O/c19-14-6-10(4-5-23-14)24-15-7-16(25-11-8-29-9-11)28-17(27-15)12-2-1-3-13(26-12)18(20,21)22/h1-7,11H,8-9H2,(H2,23,24,25,27,28). The first-order chi connectivity index (χ1) is 13.9. The highest BCUT2D eigenvalue weighted by molar-refractivity contribution is 5.63. The van der Waals surface area contributed by atoms with Crippen LogP contribution in [0.2, 0.25) is 0 Å². The normalized spacial score (nSPS) is 14.3. The minimum atomic E-state index is -4.59. The van der Waals surface area contributed by atoms with Gasteiger partial charge in [-0.1, -0.05) is 6.07 Å². The SMILES string of the molecule is Fc1cc(Nc2cc(NC3COC3)nc(-c3cccc(C(F)(F)F)n3)n2)ccn1. The van der Waals surface area contributed by atoms with Gasteiger partial charge in [0, 0.05) is 24.0 Å². The Kier molecular flexibility index (Phi) is 4.97. The molecule has 1 aliphatic heterocycles. The summed E-state index contributed by atoms with van der Waals surface area (Å²) in [5.41, 5.74) is -0.718. The van der Waals surface area contributed by atoms with Crippen molar-refractivity contribution in [3.05, 3.63) is 54.2 Å². The van der Waals surface area contributed by atoms with E-state index in [9.17, 15) is 17.6 Å². The number of nitrogens with one attached hydrogen (secondary N) is 2. The highest BCUT2D eigenvalue weighted by Crippen LogP contribution is 2.29. The van der Waals surface area contributed by atoms with Crippen molar-refractivity contribution >= 4 is 17.3 Å². The van der Waals surface area contributed by atoms with Crippen molar-refractivity contribution in [3.63, 3.8) is 0 Å². The Balaban J connectivity index is 1.71. The second-order valence-corrected chi connectivity index (χ2v) is 6.24. The second kappa shape index (κ2) is 7.59. The van der Waals surface area contributed by atoms with Crippen molar-refractivity contribution in [1.82, 2.24) is 19.9 Å². The predicted octanol–water partition coefficient (Wildman–Crippen LogP) is 3.65. The number of alkyl halides is 3. The lowest BCUT2D eigenvalue weighted by atomic mass is 10.2. The van der Waals surface area contributed by atoms with E-state index in [1.54, 1.807) is 6.07 Å². The number of anilines is 3. The van der Waals surface area contributed by atoms with Crippen molar-refractivity contribution in [3.8, 4) is 11.5 Å². The van der Waals surface area contributed by atoms with Crippen LogP contribution in [0, 0.1) is 5.95 Å². The summed E-state index contributed by atoms with van der Waals surface area (Å²) in [5.74, 6) is -0.0748. The van der Waals surface area contributed by atoms with E-state index in [0.29, 0.717) is 24.7 Å². The monoisotopic (exact) mass is 406 g/mol. The first-order valence-corrected chi connectivity index (χ1v) is 8.53. The number of nitrogens with zero attached hydrogens (tertiary/aromatic N) is 4.